The predicted molar refractivity (Wildman–Crippen MR) is 86.3 cm³/mol. The molecule has 0 unspecified atom stereocenters. The van der Waals surface area contributed by atoms with Crippen LogP contribution >= 0.6 is 27.3 Å². The van der Waals surface area contributed by atoms with Gasteiger partial charge >= 0.3 is 0 Å². The quantitative estimate of drug-likeness (QED) is 0.795. The Morgan fingerprint density at radius 1 is 1.35 bits per heavy atom. The Labute approximate surface area is 133 Å². The molecular weight excluding hydrogens is 360 g/mol. The van der Waals surface area contributed by atoms with Crippen molar-refractivity contribution in [2.45, 2.75) is 50.0 Å². The normalized spacial score (nSPS) is 17.5. The van der Waals surface area contributed by atoms with Gasteiger partial charge in [-0.3, -0.25) is 0 Å². The molecule has 20 heavy (non-hydrogen) atoms. The number of halogens is 1. The fourth-order valence-electron chi connectivity index (χ4n) is 2.63. The summed E-state index contributed by atoms with van der Waals surface area (Å²) in [4.78, 5) is 1.18. The van der Waals surface area contributed by atoms with Crippen molar-refractivity contribution in [1.82, 2.24) is 4.72 Å². The molecule has 0 radical (unpaired) electrons. The molecule has 2 rings (SSSR count). The number of nitrogens with two attached hydrogens (primary N) is 1. The zero-order chi connectivity index (χ0) is 14.6. The number of hydrogen-bond acceptors (Lipinski definition) is 4. The van der Waals surface area contributed by atoms with E-state index in [1.54, 1.807) is 6.07 Å². The highest BCUT2D eigenvalue weighted by molar-refractivity contribution is 9.11. The van der Waals surface area contributed by atoms with Gasteiger partial charge in [-0.05, 0) is 34.3 Å². The van der Waals surface area contributed by atoms with Crippen molar-refractivity contribution in [3.8, 4) is 0 Å². The highest BCUT2D eigenvalue weighted by atomic mass is 79.9. The zero-order valence-electron chi connectivity index (χ0n) is 11.4. The Morgan fingerprint density at radius 2 is 2.05 bits per heavy atom. The number of sulfonamides is 1. The number of hydrogen-bond donors (Lipinski definition) is 2. The number of thiophene rings is 1. The summed E-state index contributed by atoms with van der Waals surface area (Å²) in [7, 11) is -3.42. The molecule has 1 heterocycles. The molecule has 0 atom stereocenters. The SMILES string of the molecule is NCc1cc(S(=O)(=O)NCCC2CCCCC2)c(Br)s1. The molecule has 0 saturated heterocycles. The molecule has 0 aromatic carbocycles. The lowest BCUT2D eigenvalue weighted by atomic mass is 9.87. The largest absolute Gasteiger partial charge is 0.326 e. The van der Waals surface area contributed by atoms with E-state index >= 15 is 0 Å². The first-order valence-corrected chi connectivity index (χ1v) is 10.1. The van der Waals surface area contributed by atoms with E-state index in [2.05, 4.69) is 20.7 Å². The van der Waals surface area contributed by atoms with Gasteiger partial charge in [0.25, 0.3) is 0 Å². The smallest absolute Gasteiger partial charge is 0.242 e. The molecule has 1 aromatic rings. The van der Waals surface area contributed by atoms with Crippen molar-refractivity contribution >= 4 is 37.3 Å². The van der Waals surface area contributed by atoms with Crippen LogP contribution in [0.4, 0.5) is 0 Å². The summed E-state index contributed by atoms with van der Waals surface area (Å²) in [6.45, 7) is 0.883. The van der Waals surface area contributed by atoms with E-state index in [9.17, 15) is 8.42 Å². The van der Waals surface area contributed by atoms with Gasteiger partial charge in [-0.25, -0.2) is 13.1 Å². The third kappa shape index (κ3) is 4.27. The van der Waals surface area contributed by atoms with E-state index in [0.717, 1.165) is 11.3 Å². The van der Waals surface area contributed by atoms with Crippen LogP contribution in [0.3, 0.4) is 0 Å². The third-order valence-electron chi connectivity index (χ3n) is 3.77. The minimum Gasteiger partial charge on any atom is -0.326 e. The summed E-state index contributed by atoms with van der Waals surface area (Å²) in [5.74, 6) is 0.678. The summed E-state index contributed by atoms with van der Waals surface area (Å²) in [5, 5.41) is 0. The molecule has 1 aromatic heterocycles. The second-order valence-corrected chi connectivity index (χ2v) is 9.44. The van der Waals surface area contributed by atoms with E-state index in [1.165, 1.54) is 43.4 Å². The van der Waals surface area contributed by atoms with Crippen molar-refractivity contribution in [2.24, 2.45) is 11.7 Å². The van der Waals surface area contributed by atoms with Crippen LogP contribution in [0.1, 0.15) is 43.4 Å². The molecule has 0 amide bonds. The van der Waals surface area contributed by atoms with Gasteiger partial charge < -0.3 is 5.73 Å². The van der Waals surface area contributed by atoms with Crippen LogP contribution in [-0.4, -0.2) is 15.0 Å². The topological polar surface area (TPSA) is 72.2 Å². The molecular formula is C13H21BrN2O2S2. The maximum absolute atomic E-state index is 12.2. The fourth-order valence-corrected chi connectivity index (χ4v) is 6.24. The lowest BCUT2D eigenvalue weighted by Gasteiger charge is -2.21. The van der Waals surface area contributed by atoms with Gasteiger partial charge in [0, 0.05) is 18.0 Å². The van der Waals surface area contributed by atoms with Gasteiger partial charge in [-0.1, -0.05) is 32.1 Å². The number of nitrogens with one attached hydrogen (secondary N) is 1. The van der Waals surface area contributed by atoms with Crippen LogP contribution in [-0.2, 0) is 16.6 Å². The second-order valence-electron chi connectivity index (χ2n) is 5.25. The molecule has 0 spiro atoms. The van der Waals surface area contributed by atoms with E-state index in [0.29, 0.717) is 27.7 Å². The molecule has 4 nitrogen and oxygen atoms in total. The van der Waals surface area contributed by atoms with Crippen LogP contribution in [0.2, 0.25) is 0 Å². The molecule has 1 aliphatic rings. The minimum atomic E-state index is -3.42. The second kappa shape index (κ2) is 7.35. The lowest BCUT2D eigenvalue weighted by Crippen LogP contribution is -2.26. The fraction of sp³-hybridized carbons (Fsp3) is 0.692. The van der Waals surface area contributed by atoms with Gasteiger partial charge in [0.15, 0.2) is 0 Å². The van der Waals surface area contributed by atoms with Crippen molar-refractivity contribution in [2.75, 3.05) is 6.54 Å². The van der Waals surface area contributed by atoms with Crippen molar-refractivity contribution in [3.05, 3.63) is 14.7 Å². The summed E-state index contributed by atoms with van der Waals surface area (Å²) >= 11 is 4.68. The summed E-state index contributed by atoms with van der Waals surface area (Å²) in [6, 6.07) is 1.65. The first kappa shape index (κ1) is 16.4. The first-order chi connectivity index (χ1) is 9.53. The zero-order valence-corrected chi connectivity index (χ0v) is 14.6. The molecule has 1 saturated carbocycles. The van der Waals surface area contributed by atoms with Crippen molar-refractivity contribution in [1.29, 1.82) is 0 Å². The van der Waals surface area contributed by atoms with Gasteiger partial charge in [-0.2, -0.15) is 0 Å². The monoisotopic (exact) mass is 380 g/mol. The standard InChI is InChI=1S/C13H21BrN2O2S2/c14-13-12(8-11(9-15)19-13)20(17,18)16-7-6-10-4-2-1-3-5-10/h8,10,16H,1-7,9,15H2. The Morgan fingerprint density at radius 3 is 2.65 bits per heavy atom. The van der Waals surface area contributed by atoms with E-state index in [-0.39, 0.29) is 0 Å². The Hall–Kier alpha value is 0.0500. The van der Waals surface area contributed by atoms with Crippen LogP contribution in [0.15, 0.2) is 14.7 Å². The van der Waals surface area contributed by atoms with Crippen LogP contribution in [0.5, 0.6) is 0 Å². The Kier molecular flexibility index (Phi) is 6.04. The molecule has 3 N–H and O–H groups in total. The van der Waals surface area contributed by atoms with Gasteiger partial charge in [0.05, 0.1) is 3.79 Å². The summed E-state index contributed by atoms with van der Waals surface area (Å²) < 4.78 is 27.8. The van der Waals surface area contributed by atoms with E-state index in [4.69, 9.17) is 5.73 Å². The maximum atomic E-state index is 12.2. The van der Waals surface area contributed by atoms with Gasteiger partial charge in [0.2, 0.25) is 10.0 Å². The number of rotatable bonds is 6. The van der Waals surface area contributed by atoms with E-state index in [1.807, 2.05) is 0 Å². The van der Waals surface area contributed by atoms with Crippen molar-refractivity contribution in [3.63, 3.8) is 0 Å². The molecule has 0 aliphatic heterocycles. The Balaban J connectivity index is 1.91. The minimum absolute atomic E-state index is 0.312. The Bertz CT molecular complexity index is 537. The highest BCUT2D eigenvalue weighted by Gasteiger charge is 2.21. The van der Waals surface area contributed by atoms with Crippen LogP contribution in [0, 0.1) is 5.92 Å². The summed E-state index contributed by atoms with van der Waals surface area (Å²) in [6.07, 6.45) is 7.31. The molecule has 114 valence electrons. The van der Waals surface area contributed by atoms with Gasteiger partial charge in [-0.15, -0.1) is 11.3 Å². The van der Waals surface area contributed by atoms with Crippen LogP contribution in [0.25, 0.3) is 0 Å². The molecule has 1 aliphatic carbocycles. The van der Waals surface area contributed by atoms with Gasteiger partial charge in [0.1, 0.15) is 4.90 Å². The highest BCUT2D eigenvalue weighted by Crippen LogP contribution is 2.31. The molecule has 1 fully saturated rings. The average Bonchev–Trinajstić information content (AvgIpc) is 2.82. The molecule has 0 bridgehead atoms. The van der Waals surface area contributed by atoms with E-state index < -0.39 is 10.0 Å². The first-order valence-electron chi connectivity index (χ1n) is 7.01. The third-order valence-corrected chi connectivity index (χ3v) is 7.50. The maximum Gasteiger partial charge on any atom is 0.242 e. The molecule has 7 heteroatoms. The van der Waals surface area contributed by atoms with Crippen molar-refractivity contribution < 1.29 is 8.42 Å². The summed E-state index contributed by atoms with van der Waals surface area (Å²) in [5.41, 5.74) is 5.55. The predicted octanol–water partition coefficient (Wildman–Crippen LogP) is 3.22. The lowest BCUT2D eigenvalue weighted by molar-refractivity contribution is 0.339. The average molecular weight is 381 g/mol. The van der Waals surface area contributed by atoms with Crippen LogP contribution < -0.4 is 10.5 Å².